The first-order valence-electron chi connectivity index (χ1n) is 5.84. The maximum Gasteiger partial charge on any atom is 0.267 e. The van der Waals surface area contributed by atoms with Gasteiger partial charge in [0, 0.05) is 6.54 Å². The fourth-order valence-corrected chi connectivity index (χ4v) is 1.95. The molecule has 90 valence electrons. The Balaban J connectivity index is 2.10. The summed E-state index contributed by atoms with van der Waals surface area (Å²) in [6, 6.07) is 6.13. The van der Waals surface area contributed by atoms with E-state index in [-0.39, 0.29) is 5.91 Å². The van der Waals surface area contributed by atoms with E-state index in [1.54, 1.807) is 0 Å². The van der Waals surface area contributed by atoms with Gasteiger partial charge >= 0.3 is 0 Å². The number of nitrogens with zero attached hydrogens (tertiary/aromatic N) is 1. The fourth-order valence-electron chi connectivity index (χ4n) is 1.95. The summed E-state index contributed by atoms with van der Waals surface area (Å²) in [4.78, 5) is 11.5. The zero-order valence-corrected chi connectivity index (χ0v) is 10.2. The average molecular weight is 231 g/mol. The van der Waals surface area contributed by atoms with Gasteiger partial charge in [-0.3, -0.25) is 10.2 Å². The van der Waals surface area contributed by atoms with Crippen molar-refractivity contribution in [2.45, 2.75) is 26.7 Å². The molecule has 1 aromatic rings. The molecule has 1 aliphatic heterocycles. The molecule has 2 rings (SSSR count). The Labute approximate surface area is 101 Å². The molecular formula is C13H17N3O. The van der Waals surface area contributed by atoms with Gasteiger partial charge in [-0.1, -0.05) is 6.07 Å². The number of hydrazone groups is 1. The molecule has 0 saturated carbocycles. The summed E-state index contributed by atoms with van der Waals surface area (Å²) >= 11 is 0. The third-order valence-electron chi connectivity index (χ3n) is 2.68. The lowest BCUT2D eigenvalue weighted by atomic mass is 10.1. The maximum absolute atomic E-state index is 11.5. The lowest BCUT2D eigenvalue weighted by molar-refractivity contribution is -0.115. The summed E-state index contributed by atoms with van der Waals surface area (Å²) in [5, 5.41) is 6.95. The van der Waals surface area contributed by atoms with Gasteiger partial charge in [-0.15, -0.1) is 0 Å². The highest BCUT2D eigenvalue weighted by molar-refractivity contribution is 6.39. The number of piperidine rings is 1. The van der Waals surface area contributed by atoms with Crippen molar-refractivity contribution < 1.29 is 4.79 Å². The number of benzene rings is 1. The number of nitrogens with one attached hydrogen (secondary N) is 2. The summed E-state index contributed by atoms with van der Waals surface area (Å²) in [6.45, 7) is 4.83. The molecule has 0 radical (unpaired) electrons. The van der Waals surface area contributed by atoms with Gasteiger partial charge in [0.15, 0.2) is 0 Å². The van der Waals surface area contributed by atoms with Crippen molar-refractivity contribution in [3.63, 3.8) is 0 Å². The van der Waals surface area contributed by atoms with Crippen molar-refractivity contribution in [1.82, 2.24) is 5.32 Å². The first-order valence-corrected chi connectivity index (χ1v) is 5.84. The number of hydrogen-bond acceptors (Lipinski definition) is 3. The van der Waals surface area contributed by atoms with Crippen molar-refractivity contribution in [3.8, 4) is 0 Å². The van der Waals surface area contributed by atoms with Crippen LogP contribution in [0, 0.1) is 13.8 Å². The Hall–Kier alpha value is -1.84. The van der Waals surface area contributed by atoms with Gasteiger partial charge in [-0.05, 0) is 49.9 Å². The highest BCUT2D eigenvalue weighted by atomic mass is 16.2. The highest BCUT2D eigenvalue weighted by Crippen LogP contribution is 2.14. The number of anilines is 1. The van der Waals surface area contributed by atoms with Crippen molar-refractivity contribution in [3.05, 3.63) is 29.3 Å². The van der Waals surface area contributed by atoms with Crippen LogP contribution in [0.15, 0.2) is 23.3 Å². The molecule has 0 atom stereocenters. The van der Waals surface area contributed by atoms with Crippen LogP contribution in [0.5, 0.6) is 0 Å². The minimum Gasteiger partial charge on any atom is -0.351 e. The van der Waals surface area contributed by atoms with Crippen LogP contribution in [-0.4, -0.2) is 18.2 Å². The lowest BCUT2D eigenvalue weighted by Gasteiger charge is -2.13. The first kappa shape index (κ1) is 11.6. The number of carbonyl (C=O) groups excluding carboxylic acids is 1. The van der Waals surface area contributed by atoms with Crippen LogP contribution < -0.4 is 10.7 Å². The fraction of sp³-hybridized carbons (Fsp3) is 0.385. The van der Waals surface area contributed by atoms with Crippen LogP contribution in [0.25, 0.3) is 0 Å². The molecule has 0 aromatic heterocycles. The maximum atomic E-state index is 11.5. The quantitative estimate of drug-likeness (QED) is 0.765. The summed E-state index contributed by atoms with van der Waals surface area (Å²) < 4.78 is 0. The Morgan fingerprint density at radius 2 is 1.94 bits per heavy atom. The molecule has 2 N–H and O–H groups in total. The monoisotopic (exact) mass is 231 g/mol. The molecule has 1 amide bonds. The molecular weight excluding hydrogens is 214 g/mol. The summed E-state index contributed by atoms with van der Waals surface area (Å²) in [5.41, 5.74) is 6.82. The Morgan fingerprint density at radius 1 is 1.24 bits per heavy atom. The van der Waals surface area contributed by atoms with Crippen molar-refractivity contribution >= 4 is 17.3 Å². The summed E-state index contributed by atoms with van der Waals surface area (Å²) in [7, 11) is 0. The van der Waals surface area contributed by atoms with Crippen LogP contribution in [-0.2, 0) is 4.79 Å². The van der Waals surface area contributed by atoms with E-state index in [4.69, 9.17) is 0 Å². The average Bonchev–Trinajstić information content (AvgIpc) is 2.27. The normalized spacial score (nSPS) is 18.0. The van der Waals surface area contributed by atoms with Gasteiger partial charge in [0.25, 0.3) is 5.91 Å². The summed E-state index contributed by atoms with van der Waals surface area (Å²) in [5.74, 6) is -0.0619. The number of hydrogen-bond donors (Lipinski definition) is 2. The van der Waals surface area contributed by atoms with E-state index in [0.717, 1.165) is 25.1 Å². The smallest absolute Gasteiger partial charge is 0.267 e. The summed E-state index contributed by atoms with van der Waals surface area (Å²) in [6.07, 6.45) is 1.70. The highest BCUT2D eigenvalue weighted by Gasteiger charge is 2.15. The third kappa shape index (κ3) is 3.06. The standard InChI is InChI=1S/C13H17N3O/c1-9-6-10(2)8-11(7-9)15-16-12-4-3-5-14-13(12)17/h6-8,15H,3-5H2,1-2H3,(H,14,17). The molecule has 4 nitrogen and oxygen atoms in total. The Morgan fingerprint density at radius 3 is 2.59 bits per heavy atom. The number of carbonyl (C=O) groups is 1. The minimum absolute atomic E-state index is 0.0619. The molecule has 0 unspecified atom stereocenters. The molecule has 17 heavy (non-hydrogen) atoms. The van der Waals surface area contributed by atoms with Crippen molar-refractivity contribution in [1.29, 1.82) is 0 Å². The third-order valence-corrected chi connectivity index (χ3v) is 2.68. The minimum atomic E-state index is -0.0619. The van der Waals surface area contributed by atoms with Crippen LogP contribution in [0.4, 0.5) is 5.69 Å². The van der Waals surface area contributed by atoms with Crippen LogP contribution in [0.1, 0.15) is 24.0 Å². The van der Waals surface area contributed by atoms with Gasteiger partial charge in [-0.2, -0.15) is 5.10 Å². The molecule has 0 bridgehead atoms. The van der Waals surface area contributed by atoms with E-state index in [9.17, 15) is 4.79 Å². The number of amides is 1. The van der Waals surface area contributed by atoms with E-state index in [2.05, 4.69) is 21.9 Å². The van der Waals surface area contributed by atoms with E-state index in [1.807, 2.05) is 26.0 Å². The molecule has 1 heterocycles. The van der Waals surface area contributed by atoms with Gasteiger partial charge in [0.1, 0.15) is 5.71 Å². The molecule has 4 heteroatoms. The van der Waals surface area contributed by atoms with Gasteiger partial charge < -0.3 is 5.32 Å². The topological polar surface area (TPSA) is 53.5 Å². The SMILES string of the molecule is Cc1cc(C)cc(NN=C2CCCNC2=O)c1. The zero-order valence-electron chi connectivity index (χ0n) is 10.2. The zero-order chi connectivity index (χ0) is 12.3. The van der Waals surface area contributed by atoms with Crippen LogP contribution >= 0.6 is 0 Å². The Bertz CT molecular complexity index is 445. The molecule has 0 aliphatic carbocycles. The molecule has 1 aromatic carbocycles. The van der Waals surface area contributed by atoms with Crippen LogP contribution in [0.2, 0.25) is 0 Å². The molecule has 1 saturated heterocycles. The predicted molar refractivity (Wildman–Crippen MR) is 69.2 cm³/mol. The largest absolute Gasteiger partial charge is 0.351 e. The van der Waals surface area contributed by atoms with Crippen molar-refractivity contribution in [2.75, 3.05) is 12.0 Å². The molecule has 1 aliphatic rings. The second kappa shape index (κ2) is 4.99. The molecule has 0 spiro atoms. The van der Waals surface area contributed by atoms with E-state index in [1.165, 1.54) is 11.1 Å². The molecule has 1 fully saturated rings. The van der Waals surface area contributed by atoms with E-state index >= 15 is 0 Å². The van der Waals surface area contributed by atoms with Crippen molar-refractivity contribution in [2.24, 2.45) is 5.10 Å². The van der Waals surface area contributed by atoms with Gasteiger partial charge in [-0.25, -0.2) is 0 Å². The number of rotatable bonds is 2. The lowest BCUT2D eigenvalue weighted by Crippen LogP contribution is -2.37. The van der Waals surface area contributed by atoms with Gasteiger partial charge in [0.2, 0.25) is 0 Å². The Kier molecular flexibility index (Phi) is 3.42. The van der Waals surface area contributed by atoms with Crippen LogP contribution in [0.3, 0.4) is 0 Å². The second-order valence-electron chi connectivity index (χ2n) is 4.41. The first-order chi connectivity index (χ1) is 8.15. The van der Waals surface area contributed by atoms with E-state index < -0.39 is 0 Å². The number of aryl methyl sites for hydroxylation is 2. The van der Waals surface area contributed by atoms with Gasteiger partial charge in [0.05, 0.1) is 5.69 Å². The van der Waals surface area contributed by atoms with E-state index in [0.29, 0.717) is 5.71 Å². The second-order valence-corrected chi connectivity index (χ2v) is 4.41. The predicted octanol–water partition coefficient (Wildman–Crippen LogP) is 1.98.